The number of amides is 4. The van der Waals surface area contributed by atoms with Crippen molar-refractivity contribution >= 4 is 65.3 Å². The molecule has 5 aromatic rings. The zero-order chi connectivity index (χ0) is 45.2. The van der Waals surface area contributed by atoms with Crippen LogP contribution in [-0.4, -0.2) is 87.3 Å². The van der Waals surface area contributed by atoms with Crippen LogP contribution in [0.2, 0.25) is 18.6 Å². The van der Waals surface area contributed by atoms with Crippen LogP contribution in [0.15, 0.2) is 115 Å². The van der Waals surface area contributed by atoms with Crippen molar-refractivity contribution in [2.24, 2.45) is 5.92 Å². The summed E-state index contributed by atoms with van der Waals surface area (Å²) in [7, 11) is -1.01. The number of para-hydroxylation sites is 4. The van der Waals surface area contributed by atoms with Crippen LogP contribution in [0, 0.1) is 5.92 Å². The van der Waals surface area contributed by atoms with Gasteiger partial charge in [-0.15, -0.1) is 0 Å². The maximum atomic E-state index is 15.9. The van der Waals surface area contributed by atoms with E-state index in [-0.39, 0.29) is 68.0 Å². The van der Waals surface area contributed by atoms with Crippen molar-refractivity contribution in [3.8, 4) is 17.2 Å². The zero-order valence-electron chi connectivity index (χ0n) is 36.9. The Bertz CT molecular complexity index is 2710. The highest BCUT2D eigenvalue weighted by molar-refractivity contribution is 6.91. The third kappa shape index (κ3) is 6.97. The van der Waals surface area contributed by atoms with Gasteiger partial charge in [-0.1, -0.05) is 73.7 Å². The molecular formula is C51H52N4O9Si. The van der Waals surface area contributed by atoms with Gasteiger partial charge in [-0.3, -0.25) is 29.0 Å². The van der Waals surface area contributed by atoms with Crippen molar-refractivity contribution in [1.29, 1.82) is 0 Å². The first-order chi connectivity index (χ1) is 31.4. The summed E-state index contributed by atoms with van der Waals surface area (Å²) in [6, 6.07) is 35.9. The summed E-state index contributed by atoms with van der Waals surface area (Å²) in [5, 5.41) is 11.4. The Morgan fingerprint density at radius 1 is 0.800 bits per heavy atom. The molecule has 5 heterocycles. The Balaban J connectivity index is 1.10. The van der Waals surface area contributed by atoms with Gasteiger partial charge in [0, 0.05) is 29.4 Å². The van der Waals surface area contributed by atoms with E-state index in [1.54, 1.807) is 26.7 Å². The number of carbonyl (C=O) groups is 4. The number of fused-ring (bicyclic) bond motifs is 4. The van der Waals surface area contributed by atoms with Gasteiger partial charge in [-0.25, -0.2) is 0 Å². The second-order valence-electron chi connectivity index (χ2n) is 18.2. The maximum Gasteiger partial charge on any atom is 0.269 e. The molecule has 2 fully saturated rings. The van der Waals surface area contributed by atoms with Crippen LogP contribution in [-0.2, 0) is 36.1 Å². The van der Waals surface area contributed by atoms with Gasteiger partial charge in [-0.2, -0.15) is 0 Å². The summed E-state index contributed by atoms with van der Waals surface area (Å²) in [6.07, 6.45) is 0.903. The highest BCUT2D eigenvalue weighted by atomic mass is 28.3. The lowest BCUT2D eigenvalue weighted by Crippen LogP contribution is -2.52. The molecule has 4 amide bonds. The fourth-order valence-electron chi connectivity index (χ4n) is 11.2. The van der Waals surface area contributed by atoms with Crippen molar-refractivity contribution in [2.75, 3.05) is 48.2 Å². The summed E-state index contributed by atoms with van der Waals surface area (Å²) in [4.78, 5) is 64.4. The van der Waals surface area contributed by atoms with E-state index in [1.807, 2.05) is 103 Å². The van der Waals surface area contributed by atoms with Crippen LogP contribution < -0.4 is 34.1 Å². The number of aliphatic hydroxyl groups is 1. The first-order valence-electron chi connectivity index (χ1n) is 22.3. The first-order valence-corrected chi connectivity index (χ1v) is 25.4. The topological polar surface area (TPSA) is 138 Å². The molecule has 0 bridgehead atoms. The van der Waals surface area contributed by atoms with Crippen LogP contribution in [0.1, 0.15) is 37.3 Å². The zero-order valence-corrected chi connectivity index (χ0v) is 37.9. The number of hydrogen-bond acceptors (Lipinski definition) is 9. The van der Waals surface area contributed by atoms with Gasteiger partial charge in [0.1, 0.15) is 17.2 Å². The summed E-state index contributed by atoms with van der Waals surface area (Å²) in [5.74, 6) is 0.625. The number of aliphatic hydroxyl groups excluding tert-OH is 1. The van der Waals surface area contributed by atoms with E-state index in [4.69, 9.17) is 18.9 Å². The highest BCUT2D eigenvalue weighted by Gasteiger charge is 2.67. The van der Waals surface area contributed by atoms with E-state index < -0.39 is 25.7 Å². The standard InChI is InChI=1S/C51H52N4O9Si/c1-32-49(65(3,4)38-21-19-37(61-2)20-22-38)45(27-46(57)52-24-10-13-36(52)29-56)64-51(32)39-26-35(55-42-15-6-8-17-44(42)63-31-48(55)59)18-23-40(39)53(50(51)60)28-33-11-9-12-34(25-33)54-41-14-5-7-16-43(41)62-30-47(54)58/h5-9,11-12,14-23,25-26,32,36,45,49,56H,10,13,24,27-31H2,1-4H3/t32-,36-,45+,49-,51+/m0/s1. The molecule has 0 aliphatic carbocycles. The van der Waals surface area contributed by atoms with Crippen LogP contribution in [0.25, 0.3) is 0 Å². The molecule has 10 rings (SSSR count). The van der Waals surface area contributed by atoms with Gasteiger partial charge in [0.15, 0.2) is 18.8 Å². The lowest BCUT2D eigenvalue weighted by Gasteiger charge is -2.37. The molecule has 5 aliphatic rings. The largest absolute Gasteiger partial charge is 0.497 e. The number of ether oxygens (including phenoxy) is 4. The molecule has 5 aliphatic heterocycles. The molecule has 0 radical (unpaired) electrons. The number of carbonyl (C=O) groups excluding carboxylic acids is 4. The van der Waals surface area contributed by atoms with Crippen LogP contribution in [0.5, 0.6) is 17.2 Å². The normalized spacial score (nSPS) is 23.6. The van der Waals surface area contributed by atoms with Crippen LogP contribution >= 0.6 is 0 Å². The predicted octanol–water partition coefficient (Wildman–Crippen LogP) is 6.95. The Hall–Kier alpha value is -6.48. The Morgan fingerprint density at radius 2 is 1.45 bits per heavy atom. The number of nitrogens with zero attached hydrogens (tertiary/aromatic N) is 4. The number of methoxy groups -OCH3 is 1. The SMILES string of the molecule is COc1ccc([Si](C)(C)[C@@H]2[C@@H](CC(=O)N3CCC[C@H]3CO)O[C@]3(C(=O)N(Cc4cccc(N5C(=O)COc6ccccc65)c4)c4ccc(N5C(=O)COc6ccccc65)cc43)[C@H]2C)cc1. The molecule has 0 aromatic heterocycles. The van der Waals surface area contributed by atoms with Gasteiger partial charge in [0.25, 0.3) is 17.7 Å². The molecular weight excluding hydrogens is 841 g/mol. The minimum atomic E-state index is -2.65. The molecule has 1 N–H and O–H groups in total. The van der Waals surface area contributed by atoms with Crippen molar-refractivity contribution in [1.82, 2.24) is 4.90 Å². The predicted molar refractivity (Wildman–Crippen MR) is 248 cm³/mol. The van der Waals surface area contributed by atoms with E-state index >= 15 is 4.79 Å². The minimum Gasteiger partial charge on any atom is -0.497 e. The number of likely N-dealkylation sites (tertiary alicyclic amines) is 1. The number of hydrogen-bond donors (Lipinski definition) is 1. The molecule has 14 heteroatoms. The molecule has 0 saturated carbocycles. The lowest BCUT2D eigenvalue weighted by atomic mass is 9.82. The van der Waals surface area contributed by atoms with Crippen molar-refractivity contribution in [2.45, 2.75) is 69.1 Å². The minimum absolute atomic E-state index is 0.0363. The summed E-state index contributed by atoms with van der Waals surface area (Å²) < 4.78 is 24.5. The Morgan fingerprint density at radius 3 is 2.09 bits per heavy atom. The molecule has 13 nitrogen and oxygen atoms in total. The second kappa shape index (κ2) is 16.5. The molecule has 2 saturated heterocycles. The summed E-state index contributed by atoms with van der Waals surface area (Å²) >= 11 is 0. The van der Waals surface area contributed by atoms with Crippen LogP contribution in [0.4, 0.5) is 28.4 Å². The van der Waals surface area contributed by atoms with Gasteiger partial charge in [-0.05, 0) is 90.7 Å². The maximum absolute atomic E-state index is 15.9. The quantitative estimate of drug-likeness (QED) is 0.148. The average molecular weight is 893 g/mol. The number of anilines is 5. The monoisotopic (exact) mass is 892 g/mol. The third-order valence-corrected chi connectivity index (χ3v) is 18.6. The Kier molecular flexibility index (Phi) is 10.8. The molecule has 5 atom stereocenters. The van der Waals surface area contributed by atoms with Gasteiger partial charge >= 0.3 is 0 Å². The molecule has 334 valence electrons. The second-order valence-corrected chi connectivity index (χ2v) is 22.8. The Labute approximate surface area is 379 Å². The van der Waals surface area contributed by atoms with E-state index in [9.17, 15) is 19.5 Å². The fourth-order valence-corrected chi connectivity index (χ4v) is 15.2. The average Bonchev–Trinajstić information content (AvgIpc) is 3.99. The smallest absolute Gasteiger partial charge is 0.269 e. The third-order valence-electron chi connectivity index (χ3n) is 14.3. The summed E-state index contributed by atoms with van der Waals surface area (Å²) in [6.45, 7) is 6.96. The van der Waals surface area contributed by atoms with Gasteiger partial charge in [0.2, 0.25) is 5.91 Å². The number of rotatable bonds is 10. The summed E-state index contributed by atoms with van der Waals surface area (Å²) in [5.41, 5.74) is 2.67. The lowest BCUT2D eigenvalue weighted by molar-refractivity contribution is -0.150. The van der Waals surface area contributed by atoms with Crippen molar-refractivity contribution in [3.63, 3.8) is 0 Å². The van der Waals surface area contributed by atoms with E-state index in [1.165, 1.54) is 0 Å². The highest BCUT2D eigenvalue weighted by Crippen LogP contribution is 2.61. The first kappa shape index (κ1) is 42.5. The van der Waals surface area contributed by atoms with Crippen LogP contribution in [0.3, 0.4) is 0 Å². The van der Waals surface area contributed by atoms with E-state index in [0.717, 1.165) is 29.3 Å². The molecule has 5 aromatic carbocycles. The molecule has 65 heavy (non-hydrogen) atoms. The van der Waals surface area contributed by atoms with Gasteiger partial charge < -0.3 is 33.9 Å². The van der Waals surface area contributed by atoms with E-state index in [2.05, 4.69) is 32.2 Å². The van der Waals surface area contributed by atoms with Crippen molar-refractivity contribution < 1.29 is 43.2 Å². The fraction of sp³-hybridized carbons (Fsp3) is 0.333. The van der Waals surface area contributed by atoms with Crippen molar-refractivity contribution in [3.05, 3.63) is 126 Å². The molecule has 0 unspecified atom stereocenters. The molecule has 1 spiro atoms. The number of benzene rings is 5. The van der Waals surface area contributed by atoms with Gasteiger partial charge in [0.05, 0.1) is 64.0 Å². The van der Waals surface area contributed by atoms with E-state index in [0.29, 0.717) is 52.0 Å².